The Balaban J connectivity index is 1.45. The predicted octanol–water partition coefficient (Wildman–Crippen LogP) is 2.66. The fraction of sp³-hybridized carbons (Fsp3) is 0.471. The zero-order valence-corrected chi connectivity index (χ0v) is 15.3. The smallest absolute Gasteiger partial charge is 0.213 e. The van der Waals surface area contributed by atoms with E-state index >= 15 is 0 Å². The number of hydrogen-bond donors (Lipinski definition) is 0. The minimum absolute atomic E-state index is 0.206. The average molecular weight is 364 g/mol. The van der Waals surface area contributed by atoms with Gasteiger partial charge in [-0.2, -0.15) is 0 Å². The molecule has 0 saturated carbocycles. The number of aryl methyl sites for hydroxylation is 1. The van der Waals surface area contributed by atoms with E-state index in [4.69, 9.17) is 0 Å². The van der Waals surface area contributed by atoms with Gasteiger partial charge in [0, 0.05) is 17.8 Å². The molecule has 1 saturated heterocycles. The molecule has 5 nitrogen and oxygen atoms in total. The van der Waals surface area contributed by atoms with Crippen molar-refractivity contribution in [2.45, 2.75) is 30.8 Å². The molecule has 128 valence electrons. The number of aldehydes is 1. The fourth-order valence-electron chi connectivity index (χ4n) is 2.86. The van der Waals surface area contributed by atoms with Crippen molar-refractivity contribution in [1.82, 2.24) is 14.3 Å². The Kier molecular flexibility index (Phi) is 5.97. The molecule has 0 aliphatic carbocycles. The molecule has 1 fully saturated rings. The third-order valence-corrected chi connectivity index (χ3v) is 6.27. The largest absolute Gasteiger partial charge is 0.295 e. The molecule has 1 unspecified atom stereocenters. The van der Waals surface area contributed by atoms with Gasteiger partial charge < -0.3 is 0 Å². The minimum Gasteiger partial charge on any atom is -0.295 e. The summed E-state index contributed by atoms with van der Waals surface area (Å²) in [6.07, 6.45) is 4.65. The van der Waals surface area contributed by atoms with Crippen LogP contribution in [0, 0.1) is 6.92 Å². The van der Waals surface area contributed by atoms with Crippen molar-refractivity contribution in [3.05, 3.63) is 30.1 Å². The van der Waals surface area contributed by atoms with Crippen LogP contribution in [0.25, 0.3) is 5.65 Å². The number of Topliss-reactive ketones (excluding diaryl/α,β-unsaturated/α-hetero) is 1. The summed E-state index contributed by atoms with van der Waals surface area (Å²) in [6, 6.07) is 5.98. The second-order valence-corrected chi connectivity index (χ2v) is 7.99. The Bertz CT molecular complexity index is 732. The first kappa shape index (κ1) is 17.5. The summed E-state index contributed by atoms with van der Waals surface area (Å²) < 4.78 is 2.13. The minimum atomic E-state index is -0.281. The van der Waals surface area contributed by atoms with Crippen molar-refractivity contribution < 1.29 is 9.59 Å². The Morgan fingerprint density at radius 1 is 1.46 bits per heavy atom. The number of carbonyl (C=O) groups excluding carboxylic acids is 2. The monoisotopic (exact) mass is 363 g/mol. The molecule has 1 aliphatic heterocycles. The van der Waals surface area contributed by atoms with Crippen LogP contribution >= 0.6 is 23.5 Å². The van der Waals surface area contributed by atoms with Crippen molar-refractivity contribution in [3.63, 3.8) is 0 Å². The number of imidazole rings is 1. The molecule has 24 heavy (non-hydrogen) atoms. The maximum Gasteiger partial charge on any atom is 0.213 e. The number of carbonyl (C=O) groups is 2. The average Bonchev–Trinajstić information content (AvgIpc) is 3.19. The molecule has 0 radical (unpaired) electrons. The first-order chi connectivity index (χ1) is 11.7. The maximum atomic E-state index is 11.6. The van der Waals surface area contributed by atoms with Crippen LogP contribution in [0.1, 0.15) is 18.5 Å². The lowest BCUT2D eigenvalue weighted by Gasteiger charge is -2.20. The van der Waals surface area contributed by atoms with Crippen LogP contribution in [-0.2, 0) is 9.59 Å². The van der Waals surface area contributed by atoms with E-state index in [2.05, 4.69) is 26.5 Å². The van der Waals surface area contributed by atoms with E-state index in [9.17, 15) is 9.59 Å². The molecule has 2 aromatic heterocycles. The molecular formula is C17H21N3O2S2. The zero-order chi connectivity index (χ0) is 16.9. The van der Waals surface area contributed by atoms with E-state index in [1.807, 2.05) is 30.8 Å². The molecule has 0 spiro atoms. The predicted molar refractivity (Wildman–Crippen MR) is 98.8 cm³/mol. The number of hydrogen-bond acceptors (Lipinski definition) is 6. The van der Waals surface area contributed by atoms with Crippen molar-refractivity contribution in [3.8, 4) is 0 Å². The van der Waals surface area contributed by atoms with Crippen molar-refractivity contribution in [1.29, 1.82) is 0 Å². The fourth-order valence-corrected chi connectivity index (χ4v) is 5.12. The zero-order valence-electron chi connectivity index (χ0n) is 13.7. The number of rotatable bonds is 8. The van der Waals surface area contributed by atoms with Crippen LogP contribution in [-0.4, -0.2) is 56.3 Å². The SMILES string of the molecule is Cc1cn2c(SCCCCN3CSCC3C(=O)C=O)cccc2n1. The molecule has 0 bridgehead atoms. The highest BCUT2D eigenvalue weighted by atomic mass is 32.2. The van der Waals surface area contributed by atoms with E-state index in [-0.39, 0.29) is 11.8 Å². The Labute approximate surface area is 150 Å². The third-order valence-electron chi connectivity index (χ3n) is 4.08. The molecule has 3 heterocycles. The van der Waals surface area contributed by atoms with Gasteiger partial charge in [0.2, 0.25) is 5.78 Å². The van der Waals surface area contributed by atoms with Gasteiger partial charge in [-0.25, -0.2) is 4.98 Å². The van der Waals surface area contributed by atoms with Crippen LogP contribution < -0.4 is 0 Å². The number of pyridine rings is 1. The van der Waals surface area contributed by atoms with Crippen LogP contribution in [0.3, 0.4) is 0 Å². The van der Waals surface area contributed by atoms with Crippen LogP contribution in [0.15, 0.2) is 29.4 Å². The van der Waals surface area contributed by atoms with Crippen molar-refractivity contribution in [2.24, 2.45) is 0 Å². The van der Waals surface area contributed by atoms with Crippen LogP contribution in [0.5, 0.6) is 0 Å². The number of fused-ring (bicyclic) bond motifs is 1. The Morgan fingerprint density at radius 3 is 3.17 bits per heavy atom. The second-order valence-electron chi connectivity index (χ2n) is 5.88. The third kappa shape index (κ3) is 4.02. The number of thioether (sulfide) groups is 2. The van der Waals surface area contributed by atoms with Gasteiger partial charge in [0.05, 0.1) is 16.8 Å². The van der Waals surface area contributed by atoms with E-state index < -0.39 is 0 Å². The van der Waals surface area contributed by atoms with E-state index in [1.165, 1.54) is 5.03 Å². The lowest BCUT2D eigenvalue weighted by molar-refractivity contribution is -0.132. The summed E-state index contributed by atoms with van der Waals surface area (Å²) in [5.74, 6) is 2.35. The number of ketones is 1. The summed E-state index contributed by atoms with van der Waals surface area (Å²) >= 11 is 3.56. The van der Waals surface area contributed by atoms with Crippen molar-refractivity contribution in [2.75, 3.05) is 23.9 Å². The Morgan fingerprint density at radius 2 is 2.33 bits per heavy atom. The lowest BCUT2D eigenvalue weighted by Crippen LogP contribution is -2.38. The maximum absolute atomic E-state index is 11.6. The normalized spacial score (nSPS) is 18.3. The molecule has 0 amide bonds. The van der Waals surface area contributed by atoms with Crippen LogP contribution in [0.2, 0.25) is 0 Å². The molecule has 0 aromatic carbocycles. The summed E-state index contributed by atoms with van der Waals surface area (Å²) in [7, 11) is 0. The van der Waals surface area contributed by atoms with Gasteiger partial charge in [-0.15, -0.1) is 23.5 Å². The van der Waals surface area contributed by atoms with E-state index in [1.54, 1.807) is 11.8 Å². The highest BCUT2D eigenvalue weighted by molar-refractivity contribution is 7.99. The molecule has 0 N–H and O–H groups in total. The van der Waals surface area contributed by atoms with Gasteiger partial charge in [0.15, 0.2) is 6.29 Å². The summed E-state index contributed by atoms with van der Waals surface area (Å²) in [5, 5.41) is 1.21. The van der Waals surface area contributed by atoms with Crippen molar-refractivity contribution >= 4 is 41.2 Å². The second kappa shape index (κ2) is 8.18. The topological polar surface area (TPSA) is 54.7 Å². The number of unbranched alkanes of at least 4 members (excludes halogenated alkanes) is 1. The lowest BCUT2D eigenvalue weighted by atomic mass is 10.2. The van der Waals surface area contributed by atoms with Gasteiger partial charge >= 0.3 is 0 Å². The van der Waals surface area contributed by atoms with Crippen LogP contribution in [0.4, 0.5) is 0 Å². The molecule has 2 aromatic rings. The first-order valence-electron chi connectivity index (χ1n) is 8.07. The van der Waals surface area contributed by atoms with Gasteiger partial charge in [-0.1, -0.05) is 6.07 Å². The molecule has 7 heteroatoms. The highest BCUT2D eigenvalue weighted by Gasteiger charge is 2.29. The standard InChI is InChI=1S/C17H21N3O2S2/c1-13-9-20-16(18-13)5-4-6-17(20)24-8-3-2-7-19-12-23-11-14(19)15(22)10-21/h4-6,9-10,14H,2-3,7-8,11-12H2,1H3. The van der Waals surface area contributed by atoms with Gasteiger partial charge in [-0.05, 0) is 44.2 Å². The Hall–Kier alpha value is -1.31. The molecular weight excluding hydrogens is 342 g/mol. The summed E-state index contributed by atoms with van der Waals surface area (Å²) in [5.41, 5.74) is 2.02. The molecule has 1 aliphatic rings. The number of aromatic nitrogens is 2. The molecule has 3 rings (SSSR count). The van der Waals surface area contributed by atoms with Gasteiger partial charge in [0.1, 0.15) is 5.65 Å². The summed E-state index contributed by atoms with van der Waals surface area (Å²) in [4.78, 5) is 28.9. The van der Waals surface area contributed by atoms with Gasteiger partial charge in [0.25, 0.3) is 0 Å². The number of nitrogens with zero attached hydrogens (tertiary/aromatic N) is 3. The summed E-state index contributed by atoms with van der Waals surface area (Å²) in [6.45, 7) is 2.89. The van der Waals surface area contributed by atoms with Gasteiger partial charge in [-0.3, -0.25) is 18.9 Å². The highest BCUT2D eigenvalue weighted by Crippen LogP contribution is 2.23. The molecule has 1 atom stereocenters. The van der Waals surface area contributed by atoms with E-state index in [0.29, 0.717) is 6.29 Å². The van der Waals surface area contributed by atoms with E-state index in [0.717, 1.165) is 48.1 Å². The first-order valence-corrected chi connectivity index (χ1v) is 10.2. The quantitative estimate of drug-likeness (QED) is 0.311.